The van der Waals surface area contributed by atoms with Gasteiger partial charge in [0.1, 0.15) is 0 Å². The number of sulfonamides is 1. The fourth-order valence-corrected chi connectivity index (χ4v) is 2.36. The Morgan fingerprint density at radius 1 is 1.25 bits per heavy atom. The molecule has 0 aliphatic carbocycles. The van der Waals surface area contributed by atoms with Crippen molar-refractivity contribution in [1.82, 2.24) is 5.32 Å². The number of hydrogen-bond acceptors (Lipinski definition) is 4. The van der Waals surface area contributed by atoms with Crippen LogP contribution < -0.4 is 16.2 Å². The van der Waals surface area contributed by atoms with Gasteiger partial charge < -0.3 is 11.1 Å². The Morgan fingerprint density at radius 3 is 2.45 bits per heavy atom. The third kappa shape index (κ3) is 6.65. The molecule has 0 aromatic heterocycles. The van der Waals surface area contributed by atoms with Crippen molar-refractivity contribution < 1.29 is 13.2 Å². The van der Waals surface area contributed by atoms with Crippen LogP contribution in [-0.2, 0) is 21.2 Å². The molecule has 1 aromatic carbocycles. The van der Waals surface area contributed by atoms with E-state index in [9.17, 15) is 13.2 Å². The third-order valence-electron chi connectivity index (χ3n) is 2.89. The van der Waals surface area contributed by atoms with Crippen molar-refractivity contribution in [3.05, 3.63) is 35.9 Å². The van der Waals surface area contributed by atoms with Crippen LogP contribution in [0.5, 0.6) is 0 Å². The average Bonchev–Trinajstić information content (AvgIpc) is 2.41. The molecule has 112 valence electrons. The maximum absolute atomic E-state index is 11.9. The van der Waals surface area contributed by atoms with Gasteiger partial charge in [-0.2, -0.15) is 0 Å². The first-order valence-corrected chi connectivity index (χ1v) is 8.16. The highest BCUT2D eigenvalue weighted by Gasteiger charge is 2.16. The van der Waals surface area contributed by atoms with Gasteiger partial charge in [-0.1, -0.05) is 30.3 Å². The summed E-state index contributed by atoms with van der Waals surface area (Å²) in [4.78, 5) is 11.9. The third-order valence-corrected chi connectivity index (χ3v) is 3.74. The molecular formula is C13H21N3O3S. The number of primary sulfonamides is 1. The molecule has 1 atom stereocenters. The second kappa shape index (κ2) is 7.98. The molecule has 0 bridgehead atoms. The Hall–Kier alpha value is -1.44. The van der Waals surface area contributed by atoms with Crippen LogP contribution in [0.25, 0.3) is 0 Å². The van der Waals surface area contributed by atoms with Gasteiger partial charge in [0.05, 0.1) is 11.7 Å². The molecule has 1 unspecified atom stereocenters. The van der Waals surface area contributed by atoms with E-state index in [4.69, 9.17) is 10.9 Å². The number of carbonyl (C=O) groups is 1. The predicted molar refractivity (Wildman–Crippen MR) is 78.3 cm³/mol. The van der Waals surface area contributed by atoms with Crippen molar-refractivity contribution in [2.24, 2.45) is 16.8 Å². The summed E-state index contributed by atoms with van der Waals surface area (Å²) in [5, 5.41) is 7.57. The van der Waals surface area contributed by atoms with Gasteiger partial charge in [-0.3, -0.25) is 4.79 Å². The Kier molecular flexibility index (Phi) is 6.63. The van der Waals surface area contributed by atoms with Crippen LogP contribution in [0.15, 0.2) is 30.3 Å². The standard InChI is InChI=1S/C13H21N3O3S/c14-10-12(9-11-5-2-1-3-6-11)13(17)16-7-4-8-20(15,18)19/h1-3,5-6,12H,4,7-10,14H2,(H,16,17)(H2,15,18,19). The Balaban J connectivity index is 2.39. The first-order chi connectivity index (χ1) is 9.42. The van der Waals surface area contributed by atoms with Gasteiger partial charge in [0.2, 0.25) is 15.9 Å². The van der Waals surface area contributed by atoms with E-state index in [1.165, 1.54) is 0 Å². The quantitative estimate of drug-likeness (QED) is 0.566. The second-order valence-corrected chi connectivity index (χ2v) is 6.37. The number of amides is 1. The van der Waals surface area contributed by atoms with Crippen molar-refractivity contribution in [2.45, 2.75) is 12.8 Å². The molecular weight excluding hydrogens is 278 g/mol. The van der Waals surface area contributed by atoms with Crippen molar-refractivity contribution >= 4 is 15.9 Å². The fourth-order valence-electron chi connectivity index (χ4n) is 1.81. The van der Waals surface area contributed by atoms with Gasteiger partial charge in [0.25, 0.3) is 0 Å². The molecule has 7 heteroatoms. The van der Waals surface area contributed by atoms with Gasteiger partial charge in [-0.25, -0.2) is 13.6 Å². The lowest BCUT2D eigenvalue weighted by Gasteiger charge is -2.14. The van der Waals surface area contributed by atoms with E-state index in [1.54, 1.807) is 0 Å². The average molecular weight is 299 g/mol. The number of nitrogens with two attached hydrogens (primary N) is 2. The van der Waals surface area contributed by atoms with Crippen LogP contribution in [0.4, 0.5) is 0 Å². The van der Waals surface area contributed by atoms with Crippen molar-refractivity contribution in [3.63, 3.8) is 0 Å². The van der Waals surface area contributed by atoms with Gasteiger partial charge in [-0.15, -0.1) is 0 Å². The number of carbonyl (C=O) groups excluding carboxylic acids is 1. The minimum absolute atomic E-state index is 0.140. The Bertz CT molecular complexity index is 517. The number of nitrogens with one attached hydrogen (secondary N) is 1. The largest absolute Gasteiger partial charge is 0.356 e. The van der Waals surface area contributed by atoms with E-state index in [0.717, 1.165) is 5.56 Å². The van der Waals surface area contributed by atoms with Crippen LogP contribution >= 0.6 is 0 Å². The van der Waals surface area contributed by atoms with Gasteiger partial charge in [-0.05, 0) is 18.4 Å². The molecule has 0 saturated heterocycles. The molecule has 0 aliphatic rings. The molecule has 1 rings (SSSR count). The highest BCUT2D eigenvalue weighted by Crippen LogP contribution is 2.07. The van der Waals surface area contributed by atoms with Gasteiger partial charge in [0.15, 0.2) is 0 Å². The topological polar surface area (TPSA) is 115 Å². The molecule has 0 fully saturated rings. The first kappa shape index (κ1) is 16.6. The van der Waals surface area contributed by atoms with E-state index in [0.29, 0.717) is 12.8 Å². The molecule has 6 nitrogen and oxygen atoms in total. The molecule has 0 radical (unpaired) electrons. The molecule has 5 N–H and O–H groups in total. The molecule has 20 heavy (non-hydrogen) atoms. The van der Waals surface area contributed by atoms with Crippen molar-refractivity contribution in [1.29, 1.82) is 0 Å². The first-order valence-electron chi connectivity index (χ1n) is 6.44. The molecule has 1 amide bonds. The van der Waals surface area contributed by atoms with Crippen LogP contribution in [0.1, 0.15) is 12.0 Å². The molecule has 0 aliphatic heterocycles. The molecule has 0 spiro atoms. The number of hydrogen-bond donors (Lipinski definition) is 3. The SMILES string of the molecule is NCC(Cc1ccccc1)C(=O)NCCCS(N)(=O)=O. The van der Waals surface area contributed by atoms with Crippen molar-refractivity contribution in [2.75, 3.05) is 18.8 Å². The van der Waals surface area contributed by atoms with Crippen LogP contribution in [0.3, 0.4) is 0 Å². The predicted octanol–water partition coefficient (Wildman–Crippen LogP) is -0.401. The number of rotatable bonds is 8. The van der Waals surface area contributed by atoms with E-state index >= 15 is 0 Å². The van der Waals surface area contributed by atoms with E-state index in [2.05, 4.69) is 5.32 Å². The zero-order chi connectivity index (χ0) is 15.0. The molecule has 1 aromatic rings. The summed E-state index contributed by atoms with van der Waals surface area (Å²) in [6, 6.07) is 9.61. The summed E-state index contributed by atoms with van der Waals surface area (Å²) in [5.74, 6) is -0.614. The van der Waals surface area contributed by atoms with Crippen LogP contribution in [-0.4, -0.2) is 33.2 Å². The fraction of sp³-hybridized carbons (Fsp3) is 0.462. The van der Waals surface area contributed by atoms with E-state index in [-0.39, 0.29) is 30.7 Å². The number of benzene rings is 1. The minimum atomic E-state index is -3.47. The lowest BCUT2D eigenvalue weighted by molar-refractivity contribution is -0.124. The van der Waals surface area contributed by atoms with E-state index in [1.807, 2.05) is 30.3 Å². The highest BCUT2D eigenvalue weighted by molar-refractivity contribution is 7.89. The Morgan fingerprint density at radius 2 is 1.90 bits per heavy atom. The maximum atomic E-state index is 11.9. The lowest BCUT2D eigenvalue weighted by Crippen LogP contribution is -2.37. The Labute approximate surface area is 119 Å². The van der Waals surface area contributed by atoms with Gasteiger partial charge >= 0.3 is 0 Å². The summed E-state index contributed by atoms with van der Waals surface area (Å²) in [7, 11) is -3.47. The normalized spacial score (nSPS) is 12.9. The zero-order valence-corrected chi connectivity index (χ0v) is 12.1. The summed E-state index contributed by atoms with van der Waals surface area (Å²) in [6.45, 7) is 0.524. The van der Waals surface area contributed by atoms with E-state index < -0.39 is 10.0 Å². The monoisotopic (exact) mass is 299 g/mol. The molecule has 0 heterocycles. The summed E-state index contributed by atoms with van der Waals surface area (Å²) < 4.78 is 21.5. The highest BCUT2D eigenvalue weighted by atomic mass is 32.2. The minimum Gasteiger partial charge on any atom is -0.356 e. The lowest BCUT2D eigenvalue weighted by atomic mass is 9.98. The van der Waals surface area contributed by atoms with Crippen LogP contribution in [0, 0.1) is 5.92 Å². The maximum Gasteiger partial charge on any atom is 0.224 e. The van der Waals surface area contributed by atoms with Crippen LogP contribution in [0.2, 0.25) is 0 Å². The molecule has 0 saturated carbocycles. The summed E-state index contributed by atoms with van der Waals surface area (Å²) >= 11 is 0. The van der Waals surface area contributed by atoms with Gasteiger partial charge in [0, 0.05) is 13.1 Å². The summed E-state index contributed by atoms with van der Waals surface area (Å²) in [6.07, 6.45) is 0.867. The second-order valence-electron chi connectivity index (χ2n) is 4.63. The zero-order valence-electron chi connectivity index (χ0n) is 11.3. The summed E-state index contributed by atoms with van der Waals surface area (Å²) in [5.41, 5.74) is 6.66. The van der Waals surface area contributed by atoms with Crippen molar-refractivity contribution in [3.8, 4) is 0 Å². The smallest absolute Gasteiger partial charge is 0.224 e.